The Morgan fingerprint density at radius 2 is 2.05 bits per heavy atom. The predicted molar refractivity (Wildman–Crippen MR) is 78.2 cm³/mol. The van der Waals surface area contributed by atoms with Gasteiger partial charge in [-0.3, -0.25) is 4.98 Å². The lowest BCUT2D eigenvalue weighted by Crippen LogP contribution is -2.10. The van der Waals surface area contributed by atoms with Crippen LogP contribution >= 0.6 is 23.8 Å². The van der Waals surface area contributed by atoms with Crippen molar-refractivity contribution in [2.75, 3.05) is 7.11 Å². The van der Waals surface area contributed by atoms with Gasteiger partial charge in [0.15, 0.2) is 0 Å². The molecule has 4 nitrogen and oxygen atoms in total. The number of rotatable bonds is 4. The molecule has 19 heavy (non-hydrogen) atoms. The Hall–Kier alpha value is -1.85. The third-order valence-corrected chi connectivity index (χ3v) is 2.79. The van der Waals surface area contributed by atoms with Gasteiger partial charge < -0.3 is 15.2 Å². The summed E-state index contributed by atoms with van der Waals surface area (Å²) in [4.78, 5) is 4.19. The van der Waals surface area contributed by atoms with Gasteiger partial charge in [-0.1, -0.05) is 23.8 Å². The second-order valence-corrected chi connectivity index (χ2v) is 4.54. The largest absolute Gasteiger partial charge is 0.497 e. The van der Waals surface area contributed by atoms with E-state index in [1.807, 2.05) is 0 Å². The highest BCUT2D eigenvalue weighted by Crippen LogP contribution is 2.30. The summed E-state index contributed by atoms with van der Waals surface area (Å²) in [6, 6.07) is 6.86. The lowest BCUT2D eigenvalue weighted by molar-refractivity contribution is 0.408. The van der Waals surface area contributed by atoms with Crippen molar-refractivity contribution in [2.45, 2.75) is 0 Å². The molecule has 2 aromatic rings. The van der Waals surface area contributed by atoms with Crippen LogP contribution in [0.5, 0.6) is 17.2 Å². The lowest BCUT2D eigenvalue weighted by atomic mass is 10.2. The molecule has 1 aromatic carbocycles. The summed E-state index contributed by atoms with van der Waals surface area (Å²) < 4.78 is 10.8. The normalized spacial score (nSPS) is 10.0. The number of halogens is 1. The Bertz CT molecular complexity index is 619. The first-order chi connectivity index (χ1) is 9.10. The molecule has 0 aliphatic rings. The SMILES string of the molecule is COc1ccc(C(N)=S)c(Oc2cncc(Cl)c2)c1. The molecule has 1 heterocycles. The van der Waals surface area contributed by atoms with E-state index in [1.165, 1.54) is 6.20 Å². The van der Waals surface area contributed by atoms with Crippen LogP contribution in [0.25, 0.3) is 0 Å². The molecule has 2 N–H and O–H groups in total. The van der Waals surface area contributed by atoms with Crippen molar-refractivity contribution >= 4 is 28.8 Å². The number of nitrogens with zero attached hydrogens (tertiary/aromatic N) is 1. The van der Waals surface area contributed by atoms with Crippen LogP contribution in [0.2, 0.25) is 5.02 Å². The summed E-state index contributed by atoms with van der Waals surface area (Å²) in [7, 11) is 1.57. The van der Waals surface area contributed by atoms with E-state index in [1.54, 1.807) is 37.6 Å². The maximum atomic E-state index is 5.85. The topological polar surface area (TPSA) is 57.4 Å². The van der Waals surface area contributed by atoms with Gasteiger partial charge in [0.1, 0.15) is 22.2 Å². The molecule has 0 atom stereocenters. The number of methoxy groups -OCH3 is 1. The Morgan fingerprint density at radius 3 is 2.68 bits per heavy atom. The van der Waals surface area contributed by atoms with Gasteiger partial charge in [-0.25, -0.2) is 0 Å². The fraction of sp³-hybridized carbons (Fsp3) is 0.0769. The smallest absolute Gasteiger partial charge is 0.147 e. The molecule has 1 aromatic heterocycles. The summed E-state index contributed by atoms with van der Waals surface area (Å²) >= 11 is 10.8. The molecule has 0 spiro atoms. The van der Waals surface area contributed by atoms with Gasteiger partial charge in [-0.05, 0) is 12.1 Å². The Labute approximate surface area is 121 Å². The van der Waals surface area contributed by atoms with Crippen molar-refractivity contribution in [3.05, 3.63) is 47.2 Å². The molecular weight excluding hydrogens is 284 g/mol. The molecule has 0 bridgehead atoms. The molecule has 98 valence electrons. The van der Waals surface area contributed by atoms with Gasteiger partial charge in [0.25, 0.3) is 0 Å². The first-order valence-electron chi connectivity index (χ1n) is 5.36. The van der Waals surface area contributed by atoms with E-state index < -0.39 is 0 Å². The van der Waals surface area contributed by atoms with E-state index in [4.69, 9.17) is 39.0 Å². The fourth-order valence-electron chi connectivity index (χ4n) is 1.49. The summed E-state index contributed by atoms with van der Waals surface area (Å²) in [6.45, 7) is 0. The van der Waals surface area contributed by atoms with Crippen molar-refractivity contribution in [3.8, 4) is 17.2 Å². The number of benzene rings is 1. The van der Waals surface area contributed by atoms with Gasteiger partial charge in [0, 0.05) is 18.3 Å². The number of hydrogen-bond acceptors (Lipinski definition) is 4. The average molecular weight is 295 g/mol. The highest BCUT2D eigenvalue weighted by atomic mass is 35.5. The highest BCUT2D eigenvalue weighted by molar-refractivity contribution is 7.80. The number of ether oxygens (including phenoxy) is 2. The highest BCUT2D eigenvalue weighted by Gasteiger charge is 2.10. The van der Waals surface area contributed by atoms with Crippen LogP contribution in [0.15, 0.2) is 36.7 Å². The molecule has 2 rings (SSSR count). The number of nitrogens with two attached hydrogens (primary N) is 1. The zero-order valence-corrected chi connectivity index (χ0v) is 11.7. The number of thiocarbonyl (C=S) groups is 1. The second kappa shape index (κ2) is 5.86. The maximum absolute atomic E-state index is 5.85. The van der Waals surface area contributed by atoms with E-state index in [9.17, 15) is 0 Å². The molecular formula is C13H11ClN2O2S. The van der Waals surface area contributed by atoms with Crippen LogP contribution in [0.1, 0.15) is 5.56 Å². The molecule has 0 radical (unpaired) electrons. The lowest BCUT2D eigenvalue weighted by Gasteiger charge is -2.11. The minimum Gasteiger partial charge on any atom is -0.497 e. The van der Waals surface area contributed by atoms with Crippen molar-refractivity contribution in [1.29, 1.82) is 0 Å². The Balaban J connectivity index is 2.39. The molecule has 0 saturated heterocycles. The van der Waals surface area contributed by atoms with Crippen LogP contribution < -0.4 is 15.2 Å². The van der Waals surface area contributed by atoms with Crippen molar-refractivity contribution < 1.29 is 9.47 Å². The predicted octanol–water partition coefficient (Wildman–Crippen LogP) is 3.17. The third kappa shape index (κ3) is 3.33. The van der Waals surface area contributed by atoms with E-state index >= 15 is 0 Å². The fourth-order valence-corrected chi connectivity index (χ4v) is 1.83. The quantitative estimate of drug-likeness (QED) is 0.878. The molecule has 0 aliphatic heterocycles. The zero-order valence-electron chi connectivity index (χ0n) is 10.1. The molecule has 0 saturated carbocycles. The van der Waals surface area contributed by atoms with E-state index in [0.29, 0.717) is 27.8 Å². The monoisotopic (exact) mass is 294 g/mol. The minimum absolute atomic E-state index is 0.243. The molecule has 6 heteroatoms. The first-order valence-corrected chi connectivity index (χ1v) is 6.15. The zero-order chi connectivity index (χ0) is 13.8. The Morgan fingerprint density at radius 1 is 1.26 bits per heavy atom. The number of pyridine rings is 1. The summed E-state index contributed by atoms with van der Waals surface area (Å²) in [5.41, 5.74) is 6.28. The summed E-state index contributed by atoms with van der Waals surface area (Å²) in [5, 5.41) is 0.484. The van der Waals surface area contributed by atoms with Gasteiger partial charge >= 0.3 is 0 Å². The number of aromatic nitrogens is 1. The van der Waals surface area contributed by atoms with Crippen LogP contribution in [0.4, 0.5) is 0 Å². The van der Waals surface area contributed by atoms with Gasteiger partial charge in [0.05, 0.1) is 23.9 Å². The van der Waals surface area contributed by atoms with Crippen LogP contribution in [-0.2, 0) is 0 Å². The van der Waals surface area contributed by atoms with Crippen LogP contribution in [-0.4, -0.2) is 17.1 Å². The van der Waals surface area contributed by atoms with Crippen molar-refractivity contribution in [3.63, 3.8) is 0 Å². The van der Waals surface area contributed by atoms with Gasteiger partial charge in [-0.2, -0.15) is 0 Å². The molecule has 0 amide bonds. The second-order valence-electron chi connectivity index (χ2n) is 3.67. The van der Waals surface area contributed by atoms with E-state index in [2.05, 4.69) is 4.98 Å². The average Bonchev–Trinajstić information content (AvgIpc) is 2.38. The first kappa shape index (κ1) is 13.6. The van der Waals surface area contributed by atoms with Crippen LogP contribution in [0.3, 0.4) is 0 Å². The standard InChI is InChI=1S/C13H11ClN2O2S/c1-17-9-2-3-11(13(15)19)12(5-9)18-10-4-8(14)6-16-7-10/h2-7H,1H3,(H2,15,19). The maximum Gasteiger partial charge on any atom is 0.147 e. The van der Waals surface area contributed by atoms with Crippen LogP contribution in [0, 0.1) is 0 Å². The van der Waals surface area contributed by atoms with Crippen molar-refractivity contribution in [2.24, 2.45) is 5.73 Å². The van der Waals surface area contributed by atoms with E-state index in [0.717, 1.165) is 0 Å². The number of hydrogen-bond donors (Lipinski definition) is 1. The Kier molecular flexibility index (Phi) is 4.19. The third-order valence-electron chi connectivity index (χ3n) is 2.36. The molecule has 0 unspecified atom stereocenters. The van der Waals surface area contributed by atoms with Gasteiger partial charge in [0.2, 0.25) is 0 Å². The van der Waals surface area contributed by atoms with Crippen molar-refractivity contribution in [1.82, 2.24) is 4.98 Å². The summed E-state index contributed by atoms with van der Waals surface area (Å²) in [5.74, 6) is 1.64. The molecule has 0 aliphatic carbocycles. The minimum atomic E-state index is 0.243. The summed E-state index contributed by atoms with van der Waals surface area (Å²) in [6.07, 6.45) is 3.07. The van der Waals surface area contributed by atoms with E-state index in [-0.39, 0.29) is 4.99 Å². The van der Waals surface area contributed by atoms with Gasteiger partial charge in [-0.15, -0.1) is 0 Å². The molecule has 0 fully saturated rings.